The molecule has 0 aliphatic rings. The van der Waals surface area contributed by atoms with E-state index in [1.54, 1.807) is 0 Å². The van der Waals surface area contributed by atoms with Gasteiger partial charge >= 0.3 is 0 Å². The van der Waals surface area contributed by atoms with Crippen molar-refractivity contribution in [2.24, 2.45) is 0 Å². The first-order valence-corrected chi connectivity index (χ1v) is 13.8. The Hall–Kier alpha value is -2.87. The van der Waals surface area contributed by atoms with Crippen LogP contribution in [0, 0.1) is 0 Å². The Kier molecular flexibility index (Phi) is 17.6. The van der Waals surface area contributed by atoms with E-state index < -0.39 is 0 Å². The lowest BCUT2D eigenvalue weighted by atomic mass is 9.92. The summed E-state index contributed by atoms with van der Waals surface area (Å²) in [6.07, 6.45) is 33.6. The molecule has 196 valence electrons. The van der Waals surface area contributed by atoms with Crippen LogP contribution in [0.3, 0.4) is 0 Å². The SMILES string of the molecule is CC/C=C\C/C=C/C/C=C/C/C=C/C/C=C/C/C=C\CCC(=O)Nc1c(C(C)C)cccc1C(C)C. The number of anilines is 1. The molecule has 0 unspecified atom stereocenters. The van der Waals surface area contributed by atoms with Gasteiger partial charge in [-0.3, -0.25) is 4.79 Å². The first kappa shape index (κ1) is 31.2. The third kappa shape index (κ3) is 14.5. The molecule has 0 bridgehead atoms. The second kappa shape index (κ2) is 20.3. The molecule has 2 nitrogen and oxygen atoms in total. The molecule has 0 saturated heterocycles. The van der Waals surface area contributed by atoms with Gasteiger partial charge in [0.1, 0.15) is 0 Å². The second-order valence-corrected chi connectivity index (χ2v) is 9.62. The summed E-state index contributed by atoms with van der Waals surface area (Å²) in [5, 5.41) is 3.20. The van der Waals surface area contributed by atoms with Crippen LogP contribution in [0.5, 0.6) is 0 Å². The van der Waals surface area contributed by atoms with Crippen molar-refractivity contribution in [3.8, 4) is 0 Å². The van der Waals surface area contributed by atoms with Crippen LogP contribution in [0.15, 0.2) is 91.1 Å². The first-order valence-electron chi connectivity index (χ1n) is 13.8. The number of benzene rings is 1. The number of nitrogens with one attached hydrogen (secondary N) is 1. The van der Waals surface area contributed by atoms with Gasteiger partial charge in [0, 0.05) is 12.1 Å². The molecule has 36 heavy (non-hydrogen) atoms. The molecule has 0 aromatic heterocycles. The van der Waals surface area contributed by atoms with Crippen molar-refractivity contribution in [3.63, 3.8) is 0 Å². The number of para-hydroxylation sites is 1. The number of hydrogen-bond donors (Lipinski definition) is 1. The molecular weight excluding hydrogens is 438 g/mol. The highest BCUT2D eigenvalue weighted by Crippen LogP contribution is 2.32. The third-order valence-corrected chi connectivity index (χ3v) is 5.77. The fourth-order valence-corrected chi connectivity index (χ4v) is 3.75. The Morgan fingerprint density at radius 1 is 0.667 bits per heavy atom. The molecule has 1 amide bonds. The largest absolute Gasteiger partial charge is 0.326 e. The highest BCUT2D eigenvalue weighted by molar-refractivity contribution is 5.92. The fourth-order valence-electron chi connectivity index (χ4n) is 3.75. The molecule has 0 heterocycles. The normalized spacial score (nSPS) is 12.9. The maximum atomic E-state index is 12.6. The Balaban J connectivity index is 2.23. The maximum Gasteiger partial charge on any atom is 0.224 e. The van der Waals surface area contributed by atoms with Crippen LogP contribution in [0.2, 0.25) is 0 Å². The minimum atomic E-state index is 0.0875. The average molecular weight is 488 g/mol. The van der Waals surface area contributed by atoms with E-state index in [0.29, 0.717) is 18.3 Å². The molecule has 0 aliphatic carbocycles. The van der Waals surface area contributed by atoms with Crippen LogP contribution in [0.1, 0.15) is 109 Å². The van der Waals surface area contributed by atoms with E-state index in [2.05, 4.69) is 131 Å². The number of carbonyl (C=O) groups excluding carboxylic acids is 1. The minimum Gasteiger partial charge on any atom is -0.326 e. The zero-order chi connectivity index (χ0) is 26.4. The van der Waals surface area contributed by atoms with Gasteiger partial charge in [-0.2, -0.15) is 0 Å². The van der Waals surface area contributed by atoms with Crippen LogP contribution in [0.25, 0.3) is 0 Å². The molecule has 0 aliphatic heterocycles. The molecule has 1 rings (SSSR count). The fraction of sp³-hybridized carbons (Fsp3) is 0.441. The van der Waals surface area contributed by atoms with E-state index in [0.717, 1.165) is 50.6 Å². The summed E-state index contributed by atoms with van der Waals surface area (Å²) >= 11 is 0. The summed E-state index contributed by atoms with van der Waals surface area (Å²) in [4.78, 5) is 12.6. The summed E-state index contributed by atoms with van der Waals surface area (Å²) in [7, 11) is 0. The number of hydrogen-bond acceptors (Lipinski definition) is 1. The van der Waals surface area contributed by atoms with E-state index in [-0.39, 0.29) is 5.91 Å². The highest BCUT2D eigenvalue weighted by atomic mass is 16.1. The summed E-state index contributed by atoms with van der Waals surface area (Å²) in [6.45, 7) is 10.8. The average Bonchev–Trinajstić information content (AvgIpc) is 2.85. The van der Waals surface area contributed by atoms with Gasteiger partial charge < -0.3 is 5.32 Å². The van der Waals surface area contributed by atoms with E-state index in [4.69, 9.17) is 0 Å². The van der Waals surface area contributed by atoms with Crippen LogP contribution < -0.4 is 5.32 Å². The molecule has 1 N–H and O–H groups in total. The maximum absolute atomic E-state index is 12.6. The quantitative estimate of drug-likeness (QED) is 0.217. The Morgan fingerprint density at radius 2 is 1.06 bits per heavy atom. The van der Waals surface area contributed by atoms with Crippen molar-refractivity contribution in [2.45, 2.75) is 97.8 Å². The van der Waals surface area contributed by atoms with Gasteiger partial charge in [0.05, 0.1) is 0 Å². The van der Waals surface area contributed by atoms with Crippen molar-refractivity contribution in [3.05, 3.63) is 102 Å². The highest BCUT2D eigenvalue weighted by Gasteiger charge is 2.15. The second-order valence-electron chi connectivity index (χ2n) is 9.62. The van der Waals surface area contributed by atoms with Crippen molar-refractivity contribution in [1.29, 1.82) is 0 Å². The Bertz CT molecular complexity index is 883. The van der Waals surface area contributed by atoms with Gasteiger partial charge in [-0.25, -0.2) is 0 Å². The molecule has 1 aromatic carbocycles. The monoisotopic (exact) mass is 487 g/mol. The van der Waals surface area contributed by atoms with Gasteiger partial charge in [-0.1, -0.05) is 126 Å². The predicted molar refractivity (Wildman–Crippen MR) is 161 cm³/mol. The van der Waals surface area contributed by atoms with Crippen molar-refractivity contribution in [1.82, 2.24) is 0 Å². The van der Waals surface area contributed by atoms with Crippen LogP contribution >= 0.6 is 0 Å². The zero-order valence-corrected chi connectivity index (χ0v) is 23.4. The topological polar surface area (TPSA) is 29.1 Å². The standard InChI is InChI=1S/C34H49NO/c1-6-7-8-9-10-11-12-13-14-15-16-17-18-19-20-21-22-23-24-28-33(36)35-34-31(29(2)3)26-25-27-32(34)30(4)5/h7-8,10-11,13-14,16-17,19-20,22-23,25-27,29-30H,6,9,12,15,18,21,24,28H2,1-5H3,(H,35,36)/b8-7-,11-10+,14-13+,17-16+,20-19+,23-22-. The van der Waals surface area contributed by atoms with Gasteiger partial charge in [-0.05, 0) is 67.9 Å². The van der Waals surface area contributed by atoms with E-state index in [9.17, 15) is 4.79 Å². The van der Waals surface area contributed by atoms with Crippen molar-refractivity contribution in [2.75, 3.05) is 5.32 Å². The van der Waals surface area contributed by atoms with Gasteiger partial charge in [0.2, 0.25) is 5.91 Å². The summed E-state index contributed by atoms with van der Waals surface area (Å²) in [5.74, 6) is 0.842. The zero-order valence-electron chi connectivity index (χ0n) is 23.4. The smallest absolute Gasteiger partial charge is 0.224 e. The van der Waals surface area contributed by atoms with Crippen LogP contribution in [0.4, 0.5) is 5.69 Å². The molecule has 0 atom stereocenters. The van der Waals surface area contributed by atoms with Crippen LogP contribution in [-0.2, 0) is 4.79 Å². The lowest BCUT2D eigenvalue weighted by molar-refractivity contribution is -0.116. The predicted octanol–water partition coefficient (Wildman–Crippen LogP) is 10.3. The molecule has 1 aromatic rings. The molecule has 0 radical (unpaired) electrons. The summed E-state index contributed by atoms with van der Waals surface area (Å²) < 4.78 is 0. The third-order valence-electron chi connectivity index (χ3n) is 5.77. The lowest BCUT2D eigenvalue weighted by Crippen LogP contribution is -2.15. The molecule has 0 spiro atoms. The van der Waals surface area contributed by atoms with Crippen molar-refractivity contribution >= 4 is 11.6 Å². The van der Waals surface area contributed by atoms with Gasteiger partial charge in [0.15, 0.2) is 0 Å². The van der Waals surface area contributed by atoms with Crippen LogP contribution in [-0.4, -0.2) is 5.91 Å². The van der Waals surface area contributed by atoms with Gasteiger partial charge in [-0.15, -0.1) is 0 Å². The minimum absolute atomic E-state index is 0.0875. The molecule has 0 fully saturated rings. The number of amides is 1. The van der Waals surface area contributed by atoms with E-state index in [1.807, 2.05) is 0 Å². The van der Waals surface area contributed by atoms with E-state index >= 15 is 0 Å². The van der Waals surface area contributed by atoms with Crippen molar-refractivity contribution < 1.29 is 4.79 Å². The number of rotatable bonds is 17. The molecular formula is C34H49NO. The van der Waals surface area contributed by atoms with Gasteiger partial charge in [0.25, 0.3) is 0 Å². The van der Waals surface area contributed by atoms with E-state index in [1.165, 1.54) is 11.1 Å². The Morgan fingerprint density at radius 3 is 1.44 bits per heavy atom. The molecule has 0 saturated carbocycles. The molecule has 2 heteroatoms. The number of carbonyl (C=O) groups is 1. The number of allylic oxidation sites excluding steroid dienone is 12. The Labute approximate surface area is 221 Å². The first-order chi connectivity index (χ1) is 17.5. The summed E-state index contributed by atoms with van der Waals surface area (Å²) in [5.41, 5.74) is 3.43. The lowest BCUT2D eigenvalue weighted by Gasteiger charge is -2.20. The summed E-state index contributed by atoms with van der Waals surface area (Å²) in [6, 6.07) is 6.34.